The second kappa shape index (κ2) is 4.09. The molecule has 0 radical (unpaired) electrons. The number of pyridine rings is 1. The molecule has 0 amide bonds. The molecule has 0 bridgehead atoms. The van der Waals surface area contributed by atoms with Gasteiger partial charge in [-0.2, -0.15) is 0 Å². The number of aryl methyl sites for hydroxylation is 1. The lowest BCUT2D eigenvalue weighted by atomic mass is 9.62. The predicted molar refractivity (Wildman–Crippen MR) is 89.2 cm³/mol. The minimum absolute atomic E-state index is 0.0417. The van der Waals surface area contributed by atoms with Gasteiger partial charge in [-0.1, -0.05) is 43.5 Å². The quantitative estimate of drug-likeness (QED) is 0.657. The molecule has 0 spiro atoms. The van der Waals surface area contributed by atoms with E-state index in [-0.39, 0.29) is 11.0 Å². The molecular formula is C19H24N3+. The van der Waals surface area contributed by atoms with E-state index in [9.17, 15) is 0 Å². The summed E-state index contributed by atoms with van der Waals surface area (Å²) < 4.78 is 4.48. The van der Waals surface area contributed by atoms with Crippen molar-refractivity contribution in [1.82, 2.24) is 9.61 Å². The van der Waals surface area contributed by atoms with Gasteiger partial charge in [-0.3, -0.25) is 0 Å². The van der Waals surface area contributed by atoms with Gasteiger partial charge in [0.25, 0.3) is 12.0 Å². The van der Waals surface area contributed by atoms with Gasteiger partial charge in [-0.15, -0.1) is 0 Å². The monoisotopic (exact) mass is 294 g/mol. The smallest absolute Gasteiger partial charge is 0.224 e. The lowest BCUT2D eigenvalue weighted by Gasteiger charge is -2.47. The summed E-state index contributed by atoms with van der Waals surface area (Å²) >= 11 is 0. The van der Waals surface area contributed by atoms with Crippen molar-refractivity contribution in [2.75, 3.05) is 0 Å². The van der Waals surface area contributed by atoms with E-state index in [0.29, 0.717) is 0 Å². The van der Waals surface area contributed by atoms with E-state index in [1.807, 2.05) is 6.33 Å². The summed E-state index contributed by atoms with van der Waals surface area (Å²) in [6, 6.07) is 6.79. The van der Waals surface area contributed by atoms with Crippen LogP contribution in [0.3, 0.4) is 0 Å². The summed E-state index contributed by atoms with van der Waals surface area (Å²) in [4.78, 5) is 0. The van der Waals surface area contributed by atoms with E-state index in [1.54, 1.807) is 0 Å². The number of hydrogen-bond acceptors (Lipinski definition) is 1. The maximum absolute atomic E-state index is 4.66. The highest BCUT2D eigenvalue weighted by Crippen LogP contribution is 2.48. The zero-order valence-electron chi connectivity index (χ0n) is 14.1. The highest BCUT2D eigenvalue weighted by atomic mass is 15.3. The van der Waals surface area contributed by atoms with Crippen LogP contribution in [0.15, 0.2) is 30.7 Å². The van der Waals surface area contributed by atoms with Gasteiger partial charge in [-0.25, -0.2) is 4.57 Å². The average Bonchev–Trinajstić information content (AvgIpc) is 2.96. The standard InChI is InChI=1S/C19H24N3/c1-6-18(4)15-10-8-9-14-13(3)11-22-17(16(14)15)21(12-20-22)19(18,5)7-2/h8-12H,6-7H2,1-5H3/q+1. The van der Waals surface area contributed by atoms with Crippen molar-refractivity contribution in [1.29, 1.82) is 0 Å². The minimum atomic E-state index is 0.0417. The zero-order valence-corrected chi connectivity index (χ0v) is 14.1. The average molecular weight is 294 g/mol. The molecule has 2 unspecified atom stereocenters. The Balaban J connectivity index is 2.33. The van der Waals surface area contributed by atoms with Crippen LogP contribution in [0, 0.1) is 6.92 Å². The molecular weight excluding hydrogens is 270 g/mol. The van der Waals surface area contributed by atoms with Gasteiger partial charge in [0.05, 0.1) is 10.9 Å². The molecule has 0 saturated heterocycles. The highest BCUT2D eigenvalue weighted by molar-refractivity contribution is 5.98. The Morgan fingerprint density at radius 2 is 1.95 bits per heavy atom. The van der Waals surface area contributed by atoms with Gasteiger partial charge in [0.15, 0.2) is 0 Å². The van der Waals surface area contributed by atoms with Crippen LogP contribution in [0.1, 0.15) is 51.7 Å². The van der Waals surface area contributed by atoms with Crippen LogP contribution in [0.4, 0.5) is 0 Å². The lowest BCUT2D eigenvalue weighted by Crippen LogP contribution is -2.65. The van der Waals surface area contributed by atoms with Gasteiger partial charge >= 0.3 is 0 Å². The second-order valence-corrected chi connectivity index (χ2v) is 7.12. The second-order valence-electron chi connectivity index (χ2n) is 7.12. The Hall–Kier alpha value is -1.90. The molecule has 2 aromatic heterocycles. The van der Waals surface area contributed by atoms with Crippen LogP contribution < -0.4 is 4.57 Å². The predicted octanol–water partition coefficient (Wildman–Crippen LogP) is 3.89. The Bertz CT molecular complexity index is 908. The summed E-state index contributed by atoms with van der Waals surface area (Å²) in [6.07, 6.45) is 6.39. The van der Waals surface area contributed by atoms with Gasteiger partial charge in [0.1, 0.15) is 6.20 Å². The molecule has 3 nitrogen and oxygen atoms in total. The molecule has 3 heterocycles. The van der Waals surface area contributed by atoms with E-state index < -0.39 is 0 Å². The number of aromatic nitrogens is 3. The van der Waals surface area contributed by atoms with E-state index in [0.717, 1.165) is 12.8 Å². The van der Waals surface area contributed by atoms with Crippen LogP contribution >= 0.6 is 0 Å². The normalized spacial score (nSPS) is 27.1. The molecule has 0 fully saturated rings. The number of rotatable bonds is 2. The molecule has 1 aromatic carbocycles. The fourth-order valence-corrected chi connectivity index (χ4v) is 4.54. The van der Waals surface area contributed by atoms with Crippen molar-refractivity contribution in [3.05, 3.63) is 41.9 Å². The summed E-state index contributed by atoms with van der Waals surface area (Å²) in [5, 5.41) is 7.40. The SMILES string of the molecule is CCC1(C)c2cccc3c(C)cn4nc[n+](c4c23)C1(C)CC. The molecule has 2 atom stereocenters. The summed E-state index contributed by atoms with van der Waals surface area (Å²) in [6.45, 7) is 11.6. The molecule has 1 aliphatic heterocycles. The van der Waals surface area contributed by atoms with E-state index >= 15 is 0 Å². The van der Waals surface area contributed by atoms with Crippen LogP contribution in [0.5, 0.6) is 0 Å². The first kappa shape index (κ1) is 13.7. The molecule has 0 aliphatic carbocycles. The largest absolute Gasteiger partial charge is 0.274 e. The summed E-state index contributed by atoms with van der Waals surface area (Å²) in [7, 11) is 0. The highest BCUT2D eigenvalue weighted by Gasteiger charge is 2.52. The fraction of sp³-hybridized carbons (Fsp3) is 0.474. The summed E-state index contributed by atoms with van der Waals surface area (Å²) in [5.41, 5.74) is 4.16. The van der Waals surface area contributed by atoms with Crippen molar-refractivity contribution in [3.8, 4) is 0 Å². The molecule has 4 rings (SSSR count). The first-order chi connectivity index (χ1) is 10.5. The van der Waals surface area contributed by atoms with Gasteiger partial charge < -0.3 is 0 Å². The molecule has 1 aliphatic rings. The van der Waals surface area contributed by atoms with Crippen molar-refractivity contribution in [2.45, 2.75) is 58.4 Å². The van der Waals surface area contributed by atoms with Gasteiger partial charge in [0.2, 0.25) is 0 Å². The van der Waals surface area contributed by atoms with Crippen LogP contribution in [-0.2, 0) is 11.0 Å². The van der Waals surface area contributed by atoms with Crippen molar-refractivity contribution >= 4 is 16.4 Å². The lowest BCUT2D eigenvalue weighted by molar-refractivity contribution is -0.751. The number of hydrogen-bond donors (Lipinski definition) is 0. The molecule has 0 saturated carbocycles. The maximum Gasteiger partial charge on any atom is 0.274 e. The fourth-order valence-electron chi connectivity index (χ4n) is 4.54. The molecule has 114 valence electrons. The third kappa shape index (κ3) is 1.29. The molecule has 3 aromatic rings. The Morgan fingerprint density at radius 1 is 1.18 bits per heavy atom. The van der Waals surface area contributed by atoms with E-state index in [4.69, 9.17) is 0 Å². The Morgan fingerprint density at radius 3 is 2.64 bits per heavy atom. The number of nitrogens with zero attached hydrogens (tertiary/aromatic N) is 3. The van der Waals surface area contributed by atoms with Crippen LogP contribution in [-0.4, -0.2) is 9.61 Å². The van der Waals surface area contributed by atoms with Gasteiger partial charge in [0, 0.05) is 10.5 Å². The number of benzene rings is 1. The van der Waals surface area contributed by atoms with Crippen molar-refractivity contribution in [3.63, 3.8) is 0 Å². The van der Waals surface area contributed by atoms with E-state index in [2.05, 4.69) is 73.2 Å². The first-order valence-electron chi connectivity index (χ1n) is 8.30. The zero-order chi connectivity index (χ0) is 15.7. The van der Waals surface area contributed by atoms with Crippen LogP contribution in [0.2, 0.25) is 0 Å². The van der Waals surface area contributed by atoms with Crippen molar-refractivity contribution in [2.24, 2.45) is 0 Å². The third-order valence-electron chi connectivity index (χ3n) is 6.48. The van der Waals surface area contributed by atoms with Crippen molar-refractivity contribution < 1.29 is 4.57 Å². The molecule has 3 heteroatoms. The minimum Gasteiger partial charge on any atom is -0.224 e. The Labute approximate surface area is 131 Å². The Kier molecular flexibility index (Phi) is 2.56. The third-order valence-corrected chi connectivity index (χ3v) is 6.48. The maximum atomic E-state index is 4.66. The summed E-state index contributed by atoms with van der Waals surface area (Å²) in [5.74, 6) is 0. The van der Waals surface area contributed by atoms with Crippen LogP contribution in [0.25, 0.3) is 16.4 Å². The topological polar surface area (TPSA) is 21.2 Å². The first-order valence-corrected chi connectivity index (χ1v) is 8.30. The van der Waals surface area contributed by atoms with E-state index in [1.165, 1.54) is 27.5 Å². The molecule has 0 N–H and O–H groups in total. The molecule has 22 heavy (non-hydrogen) atoms. The van der Waals surface area contributed by atoms with Gasteiger partial charge in [-0.05, 0) is 43.2 Å².